The molecular formula is C28H29F3N6O2. The van der Waals surface area contributed by atoms with Crippen molar-refractivity contribution in [1.82, 2.24) is 24.3 Å². The number of carbonyl (C=O) groups excluding carboxylic acids is 1. The molecule has 8 nitrogen and oxygen atoms in total. The summed E-state index contributed by atoms with van der Waals surface area (Å²) in [5, 5.41) is 9.68. The van der Waals surface area contributed by atoms with Crippen LogP contribution in [0.3, 0.4) is 0 Å². The molecule has 0 saturated carbocycles. The van der Waals surface area contributed by atoms with Crippen molar-refractivity contribution in [3.8, 4) is 17.7 Å². The van der Waals surface area contributed by atoms with E-state index in [0.29, 0.717) is 56.0 Å². The fraction of sp³-hybridized carbons (Fsp3) is 0.429. The number of pyridine rings is 1. The Morgan fingerprint density at radius 2 is 1.92 bits per heavy atom. The molecule has 3 aliphatic rings. The second-order valence-electron chi connectivity index (χ2n) is 10.0. The quantitative estimate of drug-likeness (QED) is 0.447. The Hall–Kier alpha value is -3.91. The van der Waals surface area contributed by atoms with E-state index in [0.717, 1.165) is 22.6 Å². The van der Waals surface area contributed by atoms with Crippen molar-refractivity contribution in [3.05, 3.63) is 70.4 Å². The smallest absolute Gasteiger partial charge is 0.389 e. The average molecular weight is 539 g/mol. The van der Waals surface area contributed by atoms with Crippen LogP contribution < -0.4 is 4.74 Å². The van der Waals surface area contributed by atoms with Crippen molar-refractivity contribution in [1.29, 1.82) is 5.26 Å². The minimum absolute atomic E-state index is 0.0210. The number of benzene rings is 1. The van der Waals surface area contributed by atoms with Gasteiger partial charge in [0, 0.05) is 44.9 Å². The van der Waals surface area contributed by atoms with Crippen LogP contribution in [0.15, 0.2) is 36.5 Å². The van der Waals surface area contributed by atoms with Crippen LogP contribution in [0, 0.1) is 18.3 Å². The molecule has 2 aromatic heterocycles. The fourth-order valence-corrected chi connectivity index (χ4v) is 5.04. The van der Waals surface area contributed by atoms with Crippen molar-refractivity contribution in [2.75, 3.05) is 19.6 Å². The number of amides is 1. The Balaban J connectivity index is 1.50. The molecule has 0 aliphatic carbocycles. The lowest BCUT2D eigenvalue weighted by Gasteiger charge is -2.34. The van der Waals surface area contributed by atoms with Crippen LogP contribution in [0.1, 0.15) is 53.2 Å². The number of fused-ring (bicyclic) bond motifs is 2. The van der Waals surface area contributed by atoms with Gasteiger partial charge in [-0.05, 0) is 49.4 Å². The van der Waals surface area contributed by atoms with Gasteiger partial charge in [0.1, 0.15) is 17.6 Å². The highest BCUT2D eigenvalue weighted by Gasteiger charge is 2.28. The van der Waals surface area contributed by atoms with E-state index >= 15 is 0 Å². The molecule has 0 N–H and O–H groups in total. The number of rotatable bonds is 4. The van der Waals surface area contributed by atoms with Crippen LogP contribution in [-0.2, 0) is 30.8 Å². The van der Waals surface area contributed by atoms with Gasteiger partial charge in [-0.25, -0.2) is 9.97 Å². The molecule has 1 fully saturated rings. The predicted molar refractivity (Wildman–Crippen MR) is 136 cm³/mol. The van der Waals surface area contributed by atoms with E-state index in [1.165, 1.54) is 0 Å². The second-order valence-corrected chi connectivity index (χ2v) is 10.0. The minimum atomic E-state index is -4.18. The predicted octanol–water partition coefficient (Wildman–Crippen LogP) is 4.73. The number of alkyl halides is 3. The van der Waals surface area contributed by atoms with Gasteiger partial charge in [-0.2, -0.15) is 18.4 Å². The molecule has 6 bridgehead atoms. The van der Waals surface area contributed by atoms with Crippen molar-refractivity contribution in [3.63, 3.8) is 0 Å². The molecule has 5 heterocycles. The second kappa shape index (κ2) is 11.1. The molecule has 39 heavy (non-hydrogen) atoms. The van der Waals surface area contributed by atoms with Crippen LogP contribution in [-0.4, -0.2) is 56.1 Å². The SMILES string of the molecule is Cc1ncc2n1Cc1ccc(C#N)c(c1)Oc1ccc(CCCCC(F)(F)F)c(n1)CN1CCN(CC1=O)C2. The fourth-order valence-electron chi connectivity index (χ4n) is 5.04. The summed E-state index contributed by atoms with van der Waals surface area (Å²) in [6, 6.07) is 11.0. The Labute approximate surface area is 224 Å². The first-order valence-electron chi connectivity index (χ1n) is 13.0. The maximum atomic E-state index is 13.1. The molecule has 6 rings (SSSR count). The normalized spacial score (nSPS) is 17.5. The number of aromatic nitrogens is 3. The van der Waals surface area contributed by atoms with Crippen LogP contribution >= 0.6 is 0 Å². The van der Waals surface area contributed by atoms with Crippen molar-refractivity contribution < 1.29 is 22.7 Å². The number of nitriles is 1. The van der Waals surface area contributed by atoms with Crippen LogP contribution in [0.5, 0.6) is 11.6 Å². The topological polar surface area (TPSA) is 87.3 Å². The number of hydrogen-bond donors (Lipinski definition) is 0. The highest BCUT2D eigenvalue weighted by molar-refractivity contribution is 5.79. The molecule has 1 aromatic carbocycles. The van der Waals surface area contributed by atoms with Crippen LogP contribution in [0.2, 0.25) is 0 Å². The van der Waals surface area contributed by atoms with E-state index in [4.69, 9.17) is 4.74 Å². The van der Waals surface area contributed by atoms with Gasteiger partial charge in [-0.15, -0.1) is 0 Å². The summed E-state index contributed by atoms with van der Waals surface area (Å²) >= 11 is 0. The molecule has 3 aromatic rings. The third kappa shape index (κ3) is 6.40. The van der Waals surface area contributed by atoms with Gasteiger partial charge < -0.3 is 14.2 Å². The van der Waals surface area contributed by atoms with E-state index in [9.17, 15) is 23.2 Å². The molecule has 204 valence electrons. The summed E-state index contributed by atoms with van der Waals surface area (Å²) in [5.41, 5.74) is 3.64. The Morgan fingerprint density at radius 1 is 1.08 bits per heavy atom. The lowest BCUT2D eigenvalue weighted by molar-refractivity contribution is -0.137. The average Bonchev–Trinajstić information content (AvgIpc) is 3.22. The van der Waals surface area contributed by atoms with Crippen LogP contribution in [0.25, 0.3) is 0 Å². The Kier molecular flexibility index (Phi) is 7.57. The lowest BCUT2D eigenvalue weighted by Crippen LogP contribution is -2.49. The molecule has 1 atom stereocenters. The Morgan fingerprint density at radius 3 is 2.69 bits per heavy atom. The van der Waals surface area contributed by atoms with Crippen LogP contribution in [0.4, 0.5) is 13.2 Å². The number of nitrogens with zero attached hydrogens (tertiary/aromatic N) is 6. The molecular weight excluding hydrogens is 509 g/mol. The summed E-state index contributed by atoms with van der Waals surface area (Å²) in [4.78, 5) is 26.1. The maximum Gasteiger partial charge on any atom is 0.389 e. The number of halogens is 3. The van der Waals surface area contributed by atoms with Gasteiger partial charge in [-0.1, -0.05) is 12.1 Å². The molecule has 1 unspecified atom stereocenters. The number of hydrogen-bond acceptors (Lipinski definition) is 6. The van der Waals surface area contributed by atoms with Gasteiger partial charge in [0.15, 0.2) is 0 Å². The van der Waals surface area contributed by atoms with Gasteiger partial charge in [0.05, 0.1) is 30.0 Å². The van der Waals surface area contributed by atoms with E-state index in [1.54, 1.807) is 23.1 Å². The number of carbonyl (C=O) groups is 1. The van der Waals surface area contributed by atoms with E-state index in [2.05, 4.69) is 25.5 Å². The van der Waals surface area contributed by atoms with Gasteiger partial charge in [-0.3, -0.25) is 9.69 Å². The lowest BCUT2D eigenvalue weighted by atomic mass is 10.0. The largest absolute Gasteiger partial charge is 0.438 e. The summed E-state index contributed by atoms with van der Waals surface area (Å²) in [7, 11) is 0. The first kappa shape index (κ1) is 26.7. The maximum absolute atomic E-state index is 13.1. The van der Waals surface area contributed by atoms with Crippen molar-refractivity contribution in [2.24, 2.45) is 0 Å². The number of ether oxygens (including phenoxy) is 1. The van der Waals surface area contributed by atoms with Crippen molar-refractivity contribution in [2.45, 2.75) is 58.4 Å². The first-order valence-corrected chi connectivity index (χ1v) is 13.0. The number of piperazine rings is 1. The number of imidazole rings is 1. The number of unbranched alkanes of at least 4 members (excludes halogenated alkanes) is 1. The first-order chi connectivity index (χ1) is 18.7. The Bertz CT molecular complexity index is 1410. The van der Waals surface area contributed by atoms with Crippen molar-refractivity contribution >= 4 is 5.91 Å². The summed E-state index contributed by atoms with van der Waals surface area (Å²) in [6.45, 7) is 4.69. The van der Waals surface area contributed by atoms with Gasteiger partial charge in [0.25, 0.3) is 0 Å². The molecule has 0 radical (unpaired) electrons. The zero-order valence-electron chi connectivity index (χ0n) is 21.7. The minimum Gasteiger partial charge on any atom is -0.438 e. The summed E-state index contributed by atoms with van der Waals surface area (Å²) in [6.07, 6.45) is -2.40. The zero-order valence-corrected chi connectivity index (χ0v) is 21.7. The monoisotopic (exact) mass is 538 g/mol. The summed E-state index contributed by atoms with van der Waals surface area (Å²) < 4.78 is 46.1. The zero-order chi connectivity index (χ0) is 27.6. The van der Waals surface area contributed by atoms with Gasteiger partial charge >= 0.3 is 6.18 Å². The third-order valence-electron chi connectivity index (χ3n) is 7.18. The third-order valence-corrected chi connectivity index (χ3v) is 7.18. The highest BCUT2D eigenvalue weighted by atomic mass is 19.4. The molecule has 11 heteroatoms. The van der Waals surface area contributed by atoms with Gasteiger partial charge in [0.2, 0.25) is 11.8 Å². The highest BCUT2D eigenvalue weighted by Crippen LogP contribution is 2.29. The molecule has 3 aliphatic heterocycles. The molecule has 1 saturated heterocycles. The number of aryl methyl sites for hydroxylation is 2. The molecule has 0 spiro atoms. The molecule has 1 amide bonds. The standard InChI is InChI=1S/C28H29F3N6O2/c1-19-33-14-23-16-35-10-11-36(27(38)18-35)17-24-21(4-2-3-9-28(29,30)31)7-8-26(34-24)39-25-12-20(15-37(19)23)5-6-22(25)13-32/h5-8,12,14H,2-4,9-11,15-18H2,1H3. The van der Waals surface area contributed by atoms with E-state index in [1.807, 2.05) is 25.3 Å². The summed E-state index contributed by atoms with van der Waals surface area (Å²) in [5.74, 6) is 1.43. The van der Waals surface area contributed by atoms with E-state index in [-0.39, 0.29) is 31.3 Å². The van der Waals surface area contributed by atoms with E-state index < -0.39 is 12.6 Å².